The van der Waals surface area contributed by atoms with Gasteiger partial charge in [-0.05, 0) is 18.2 Å². The molecule has 0 aliphatic carbocycles. The van der Waals surface area contributed by atoms with Crippen molar-refractivity contribution < 1.29 is 9.36 Å². The quantitative estimate of drug-likeness (QED) is 0.405. The molecule has 0 saturated carbocycles. The molecule has 0 atom stereocenters. The number of benzene rings is 2. The Bertz CT molecular complexity index is 837. The molecule has 0 fully saturated rings. The zero-order chi connectivity index (χ0) is 14.2. The summed E-state index contributed by atoms with van der Waals surface area (Å²) in [4.78, 5) is 12.5. The average Bonchev–Trinajstić information content (AvgIpc) is 2.92. The van der Waals surface area contributed by atoms with E-state index >= 15 is 0 Å². The predicted octanol–water partition coefficient (Wildman–Crippen LogP) is 3.23. The molecular formula is C19H14NO+. The molecule has 0 amide bonds. The molecule has 2 heterocycles. The number of fused-ring (bicyclic) bond motifs is 3. The summed E-state index contributed by atoms with van der Waals surface area (Å²) in [6, 6.07) is 21.6. The van der Waals surface area contributed by atoms with Crippen molar-refractivity contribution in [1.29, 1.82) is 0 Å². The first-order chi connectivity index (χ1) is 10.3. The van der Waals surface area contributed by atoms with Gasteiger partial charge in [-0.2, -0.15) is 4.57 Å². The number of carbonyl (C=O) groups excluding carboxylic acids is 1. The lowest BCUT2D eigenvalue weighted by molar-refractivity contribution is -0.672. The normalized spacial score (nSPS) is 11.8. The maximum Gasteiger partial charge on any atom is 0.213 e. The molecule has 2 nitrogen and oxygen atoms in total. The monoisotopic (exact) mass is 272 g/mol. The standard InChI is InChI=1S/C19H14NO/c21-19(14-6-2-1-3-7-14)15-9-10-17-16(12-15)13-20-11-5-4-8-18(17)20/h1-12H,13H2/q+1. The Morgan fingerprint density at radius 1 is 0.857 bits per heavy atom. The Labute approximate surface area is 123 Å². The van der Waals surface area contributed by atoms with Crippen molar-refractivity contribution in [2.24, 2.45) is 0 Å². The Kier molecular flexibility index (Phi) is 2.68. The molecule has 0 bridgehead atoms. The fraction of sp³-hybridized carbons (Fsp3) is 0.0526. The van der Waals surface area contributed by atoms with E-state index in [1.54, 1.807) is 0 Å². The van der Waals surface area contributed by atoms with E-state index in [1.807, 2.05) is 54.6 Å². The molecule has 0 saturated heterocycles. The van der Waals surface area contributed by atoms with Gasteiger partial charge in [0.05, 0.1) is 5.56 Å². The third kappa shape index (κ3) is 1.96. The molecule has 21 heavy (non-hydrogen) atoms. The lowest BCUT2D eigenvalue weighted by Gasteiger charge is -2.02. The van der Waals surface area contributed by atoms with Gasteiger partial charge in [0.1, 0.15) is 0 Å². The van der Waals surface area contributed by atoms with Crippen molar-refractivity contribution in [3.8, 4) is 11.3 Å². The van der Waals surface area contributed by atoms with Crippen molar-refractivity contribution in [3.63, 3.8) is 0 Å². The Balaban J connectivity index is 1.75. The molecule has 1 aliphatic rings. The maximum atomic E-state index is 12.5. The van der Waals surface area contributed by atoms with Gasteiger partial charge >= 0.3 is 0 Å². The van der Waals surface area contributed by atoms with E-state index in [1.165, 1.54) is 16.8 Å². The summed E-state index contributed by atoms with van der Waals surface area (Å²) < 4.78 is 2.21. The molecule has 0 spiro atoms. The van der Waals surface area contributed by atoms with E-state index in [-0.39, 0.29) is 5.78 Å². The van der Waals surface area contributed by atoms with Crippen LogP contribution >= 0.6 is 0 Å². The highest BCUT2D eigenvalue weighted by atomic mass is 16.1. The molecule has 0 radical (unpaired) electrons. The van der Waals surface area contributed by atoms with Gasteiger partial charge in [0.25, 0.3) is 0 Å². The second-order valence-electron chi connectivity index (χ2n) is 5.28. The third-order valence-corrected chi connectivity index (χ3v) is 3.96. The van der Waals surface area contributed by atoms with Gasteiger partial charge < -0.3 is 0 Å². The summed E-state index contributed by atoms with van der Waals surface area (Å²) in [5.74, 6) is 0.0827. The van der Waals surface area contributed by atoms with Gasteiger partial charge in [0, 0.05) is 28.8 Å². The van der Waals surface area contributed by atoms with Crippen LogP contribution in [0.15, 0.2) is 72.9 Å². The Morgan fingerprint density at radius 2 is 1.67 bits per heavy atom. The van der Waals surface area contributed by atoms with Crippen LogP contribution in [0.3, 0.4) is 0 Å². The summed E-state index contributed by atoms with van der Waals surface area (Å²) in [7, 11) is 0. The van der Waals surface area contributed by atoms with Gasteiger partial charge in [-0.15, -0.1) is 0 Å². The molecule has 3 aromatic rings. The Morgan fingerprint density at radius 3 is 2.52 bits per heavy atom. The van der Waals surface area contributed by atoms with Gasteiger partial charge in [-0.3, -0.25) is 4.79 Å². The summed E-state index contributed by atoms with van der Waals surface area (Å²) >= 11 is 0. The van der Waals surface area contributed by atoms with Crippen molar-refractivity contribution >= 4 is 5.78 Å². The molecule has 100 valence electrons. The minimum atomic E-state index is 0.0827. The van der Waals surface area contributed by atoms with Crippen LogP contribution in [0.1, 0.15) is 21.5 Å². The first-order valence-corrected chi connectivity index (χ1v) is 7.04. The van der Waals surface area contributed by atoms with Crippen molar-refractivity contribution in [2.75, 3.05) is 0 Å². The number of carbonyl (C=O) groups is 1. The molecule has 1 aromatic heterocycles. The largest absolute Gasteiger partial charge is 0.289 e. The third-order valence-electron chi connectivity index (χ3n) is 3.96. The van der Waals surface area contributed by atoms with Crippen LogP contribution in [0.2, 0.25) is 0 Å². The number of pyridine rings is 1. The first-order valence-electron chi connectivity index (χ1n) is 7.04. The number of rotatable bonds is 2. The minimum absolute atomic E-state index is 0.0827. The fourth-order valence-corrected chi connectivity index (χ4v) is 2.91. The summed E-state index contributed by atoms with van der Waals surface area (Å²) in [6.07, 6.45) is 2.08. The number of aromatic nitrogens is 1. The highest BCUT2D eigenvalue weighted by molar-refractivity contribution is 6.09. The van der Waals surface area contributed by atoms with E-state index in [2.05, 4.69) is 22.9 Å². The minimum Gasteiger partial charge on any atom is -0.289 e. The summed E-state index contributed by atoms with van der Waals surface area (Å²) in [6.45, 7) is 0.835. The first kappa shape index (κ1) is 12.0. The zero-order valence-electron chi connectivity index (χ0n) is 11.5. The summed E-state index contributed by atoms with van der Waals surface area (Å²) in [5.41, 5.74) is 5.14. The average molecular weight is 272 g/mol. The molecule has 2 aromatic carbocycles. The molecule has 4 rings (SSSR count). The Hall–Kier alpha value is -2.74. The fourth-order valence-electron chi connectivity index (χ4n) is 2.91. The number of hydrogen-bond acceptors (Lipinski definition) is 1. The van der Waals surface area contributed by atoms with Crippen LogP contribution < -0.4 is 4.57 Å². The van der Waals surface area contributed by atoms with Crippen LogP contribution in [-0.2, 0) is 6.54 Å². The lowest BCUT2D eigenvalue weighted by atomic mass is 9.98. The maximum absolute atomic E-state index is 12.5. The highest BCUT2D eigenvalue weighted by Gasteiger charge is 2.26. The number of ketones is 1. The van der Waals surface area contributed by atoms with Gasteiger partial charge in [0.2, 0.25) is 5.69 Å². The van der Waals surface area contributed by atoms with E-state index in [0.717, 1.165) is 17.7 Å². The van der Waals surface area contributed by atoms with E-state index in [4.69, 9.17) is 0 Å². The highest BCUT2D eigenvalue weighted by Crippen LogP contribution is 2.27. The van der Waals surface area contributed by atoms with Gasteiger partial charge in [0.15, 0.2) is 18.5 Å². The SMILES string of the molecule is O=C(c1ccccc1)c1ccc2c(c1)C[n+]1ccccc1-2. The van der Waals surface area contributed by atoms with Crippen LogP contribution in [0.4, 0.5) is 0 Å². The van der Waals surface area contributed by atoms with Crippen LogP contribution in [0, 0.1) is 0 Å². The van der Waals surface area contributed by atoms with E-state index in [0.29, 0.717) is 0 Å². The van der Waals surface area contributed by atoms with Crippen LogP contribution in [0.5, 0.6) is 0 Å². The smallest absolute Gasteiger partial charge is 0.213 e. The molecular weight excluding hydrogens is 258 g/mol. The van der Waals surface area contributed by atoms with E-state index in [9.17, 15) is 4.79 Å². The predicted molar refractivity (Wildman–Crippen MR) is 81.0 cm³/mol. The molecule has 0 unspecified atom stereocenters. The number of hydrogen-bond donors (Lipinski definition) is 0. The molecule has 1 aliphatic heterocycles. The zero-order valence-corrected chi connectivity index (χ0v) is 11.5. The van der Waals surface area contributed by atoms with Crippen molar-refractivity contribution in [2.45, 2.75) is 6.54 Å². The lowest BCUT2D eigenvalue weighted by Crippen LogP contribution is -2.31. The van der Waals surface area contributed by atoms with Gasteiger partial charge in [-0.25, -0.2) is 0 Å². The second kappa shape index (κ2) is 4.67. The van der Waals surface area contributed by atoms with Gasteiger partial charge in [-0.1, -0.05) is 36.4 Å². The number of nitrogens with zero attached hydrogens (tertiary/aromatic N) is 1. The van der Waals surface area contributed by atoms with Crippen LogP contribution in [-0.4, -0.2) is 5.78 Å². The molecule has 2 heteroatoms. The van der Waals surface area contributed by atoms with Crippen molar-refractivity contribution in [3.05, 3.63) is 89.6 Å². The summed E-state index contributed by atoms with van der Waals surface area (Å²) in [5, 5.41) is 0. The van der Waals surface area contributed by atoms with Crippen molar-refractivity contribution in [1.82, 2.24) is 0 Å². The topological polar surface area (TPSA) is 20.9 Å². The molecule has 0 N–H and O–H groups in total. The van der Waals surface area contributed by atoms with Crippen LogP contribution in [0.25, 0.3) is 11.3 Å². The van der Waals surface area contributed by atoms with E-state index < -0.39 is 0 Å². The second-order valence-corrected chi connectivity index (χ2v) is 5.28.